The summed E-state index contributed by atoms with van der Waals surface area (Å²) in [5.74, 6) is -0.586. The molecule has 0 spiro atoms. The maximum absolute atomic E-state index is 13.0. The highest BCUT2D eigenvalue weighted by Crippen LogP contribution is 2.31. The van der Waals surface area contributed by atoms with Gasteiger partial charge in [-0.25, -0.2) is 14.6 Å². The summed E-state index contributed by atoms with van der Waals surface area (Å²) in [6.45, 7) is 0.163. The molecule has 1 amide bonds. The van der Waals surface area contributed by atoms with Crippen molar-refractivity contribution in [3.05, 3.63) is 55.6 Å². The van der Waals surface area contributed by atoms with Gasteiger partial charge >= 0.3 is 0 Å². The number of thiazole rings is 2. The van der Waals surface area contributed by atoms with E-state index in [9.17, 15) is 9.59 Å². The number of nitrogens with two attached hydrogens (primary N) is 1. The Morgan fingerprint density at radius 3 is 2.93 bits per heavy atom. The summed E-state index contributed by atoms with van der Waals surface area (Å²) in [5.41, 5.74) is 7.83. The number of primary amides is 1. The molecule has 0 radical (unpaired) electrons. The molecule has 0 saturated carbocycles. The Labute approximate surface area is 170 Å². The molecule has 0 atom stereocenters. The van der Waals surface area contributed by atoms with Crippen molar-refractivity contribution in [1.29, 1.82) is 0 Å². The molecule has 0 bridgehead atoms. The number of hydrogen-bond donors (Lipinski definition) is 2. The monoisotopic (exact) mass is 426 g/mol. The van der Waals surface area contributed by atoms with E-state index in [4.69, 9.17) is 10.7 Å². The van der Waals surface area contributed by atoms with Crippen LogP contribution >= 0.6 is 22.7 Å². The standard InChI is InChI=1S/C17H14N8O2S2/c1-24-12-10(13-15(24)22-11(29-13)4-8-2-3-19-23-8)5-20-25(17(12)27)6-9-7-28-16(21-9)14(18)26/h2-3,5,7H,4,6H2,1H3,(H2,18,26)(H,19,23). The Bertz CT molecular complexity index is 1420. The minimum absolute atomic E-state index is 0.163. The Balaban J connectivity index is 1.55. The number of aromatic nitrogens is 7. The maximum atomic E-state index is 13.0. The van der Waals surface area contributed by atoms with Crippen LogP contribution in [-0.4, -0.2) is 40.4 Å². The van der Waals surface area contributed by atoms with Crippen LogP contribution in [0.4, 0.5) is 0 Å². The topological polar surface area (TPSA) is 137 Å². The molecular weight excluding hydrogens is 412 g/mol. The Morgan fingerprint density at radius 2 is 2.21 bits per heavy atom. The lowest BCUT2D eigenvalue weighted by atomic mass is 10.3. The summed E-state index contributed by atoms with van der Waals surface area (Å²) in [5, 5.41) is 14.8. The molecule has 5 aromatic heterocycles. The van der Waals surface area contributed by atoms with Gasteiger partial charge in [-0.3, -0.25) is 14.7 Å². The normalized spacial score (nSPS) is 11.6. The molecule has 5 heterocycles. The van der Waals surface area contributed by atoms with E-state index >= 15 is 0 Å². The second-order valence-electron chi connectivity index (χ2n) is 6.46. The first kappa shape index (κ1) is 17.7. The molecule has 0 fully saturated rings. The van der Waals surface area contributed by atoms with Crippen molar-refractivity contribution in [2.45, 2.75) is 13.0 Å². The number of nitrogens with zero attached hydrogens (tertiary/aromatic N) is 6. The van der Waals surface area contributed by atoms with E-state index in [-0.39, 0.29) is 17.1 Å². The number of fused-ring (bicyclic) bond motifs is 3. The lowest BCUT2D eigenvalue weighted by molar-refractivity contribution is 0.0999. The second-order valence-corrected chi connectivity index (χ2v) is 8.40. The summed E-state index contributed by atoms with van der Waals surface area (Å²) < 4.78 is 4.06. The van der Waals surface area contributed by atoms with Gasteiger partial charge in [0.2, 0.25) is 0 Å². The molecule has 10 nitrogen and oxygen atoms in total. The molecule has 0 aliphatic carbocycles. The molecule has 0 saturated heterocycles. The van der Waals surface area contributed by atoms with Crippen molar-refractivity contribution in [3.8, 4) is 0 Å². The molecule has 0 aliphatic heterocycles. The maximum Gasteiger partial charge on any atom is 0.291 e. The van der Waals surface area contributed by atoms with Crippen LogP contribution < -0.4 is 11.3 Å². The van der Waals surface area contributed by atoms with Crippen molar-refractivity contribution >= 4 is 49.8 Å². The largest absolute Gasteiger partial charge is 0.364 e. The third-order valence-electron chi connectivity index (χ3n) is 4.54. The van der Waals surface area contributed by atoms with Crippen molar-refractivity contribution in [2.75, 3.05) is 0 Å². The number of carbonyl (C=O) groups excluding carboxylic acids is 1. The minimum atomic E-state index is -0.586. The number of carbonyl (C=O) groups is 1. The molecule has 146 valence electrons. The number of nitrogens with one attached hydrogen (secondary N) is 1. The van der Waals surface area contributed by atoms with E-state index in [1.165, 1.54) is 4.68 Å². The van der Waals surface area contributed by atoms with Gasteiger partial charge in [-0.2, -0.15) is 10.2 Å². The lowest BCUT2D eigenvalue weighted by Gasteiger charge is -2.03. The van der Waals surface area contributed by atoms with Gasteiger partial charge in [0.15, 0.2) is 10.7 Å². The van der Waals surface area contributed by atoms with E-state index in [2.05, 4.69) is 20.3 Å². The van der Waals surface area contributed by atoms with Crippen LogP contribution in [0.25, 0.3) is 21.3 Å². The van der Waals surface area contributed by atoms with E-state index in [0.29, 0.717) is 17.6 Å². The predicted molar refractivity (Wildman–Crippen MR) is 109 cm³/mol. The average molecular weight is 426 g/mol. The van der Waals surface area contributed by atoms with E-state index in [1.54, 1.807) is 33.7 Å². The fraction of sp³-hybridized carbons (Fsp3) is 0.176. The molecule has 0 aliphatic rings. The zero-order valence-electron chi connectivity index (χ0n) is 15.1. The SMILES string of the molecule is Cn1c2nc(Cc3ccn[nH]3)sc2c2cnn(Cc3csc(C(N)=O)n3)c(=O)c21. The number of amides is 1. The van der Waals surface area contributed by atoms with Crippen LogP contribution in [0.2, 0.25) is 0 Å². The third kappa shape index (κ3) is 2.93. The van der Waals surface area contributed by atoms with Crippen LogP contribution in [0.15, 0.2) is 28.6 Å². The predicted octanol–water partition coefficient (Wildman–Crippen LogP) is 1.26. The van der Waals surface area contributed by atoms with Crippen molar-refractivity contribution in [3.63, 3.8) is 0 Å². The third-order valence-corrected chi connectivity index (χ3v) is 6.53. The van der Waals surface area contributed by atoms with Gasteiger partial charge in [-0.15, -0.1) is 22.7 Å². The molecule has 5 aromatic rings. The van der Waals surface area contributed by atoms with E-state index in [0.717, 1.165) is 37.8 Å². The molecular formula is C17H14N8O2S2. The highest BCUT2D eigenvalue weighted by Gasteiger charge is 2.19. The van der Waals surface area contributed by atoms with Gasteiger partial charge in [0.05, 0.1) is 23.1 Å². The summed E-state index contributed by atoms with van der Waals surface area (Å²) in [7, 11) is 1.82. The fourth-order valence-electron chi connectivity index (χ4n) is 3.21. The molecule has 12 heteroatoms. The number of aryl methyl sites for hydroxylation is 1. The van der Waals surface area contributed by atoms with Gasteiger partial charge in [-0.1, -0.05) is 0 Å². The fourth-order valence-corrected chi connectivity index (χ4v) is 5.00. The van der Waals surface area contributed by atoms with E-state index in [1.807, 2.05) is 13.1 Å². The average Bonchev–Trinajstić information content (AvgIpc) is 3.45. The van der Waals surface area contributed by atoms with Crippen LogP contribution in [0, 0.1) is 0 Å². The van der Waals surface area contributed by atoms with Crippen LogP contribution in [-0.2, 0) is 20.0 Å². The zero-order valence-corrected chi connectivity index (χ0v) is 16.8. The Kier molecular flexibility index (Phi) is 4.03. The van der Waals surface area contributed by atoms with Crippen LogP contribution in [0.5, 0.6) is 0 Å². The second kappa shape index (κ2) is 6.60. The first-order valence-electron chi connectivity index (χ1n) is 8.57. The smallest absolute Gasteiger partial charge is 0.291 e. The van der Waals surface area contributed by atoms with Crippen molar-refractivity contribution in [2.24, 2.45) is 12.8 Å². The van der Waals surface area contributed by atoms with Gasteiger partial charge < -0.3 is 10.3 Å². The van der Waals surface area contributed by atoms with Gasteiger partial charge in [0.1, 0.15) is 10.5 Å². The summed E-state index contributed by atoms with van der Waals surface area (Å²) in [6.07, 6.45) is 4.04. The Hall–Kier alpha value is -3.38. The molecule has 3 N–H and O–H groups in total. The van der Waals surface area contributed by atoms with Gasteiger partial charge in [0, 0.05) is 36.1 Å². The molecule has 0 aromatic carbocycles. The first-order valence-corrected chi connectivity index (χ1v) is 10.3. The number of hydrogen-bond acceptors (Lipinski definition) is 8. The molecule has 0 unspecified atom stereocenters. The number of H-pyrrole nitrogens is 1. The minimum Gasteiger partial charge on any atom is -0.364 e. The van der Waals surface area contributed by atoms with Crippen molar-refractivity contribution in [1.82, 2.24) is 34.5 Å². The highest BCUT2D eigenvalue weighted by atomic mass is 32.1. The quantitative estimate of drug-likeness (QED) is 0.434. The molecule has 5 rings (SSSR count). The van der Waals surface area contributed by atoms with Crippen LogP contribution in [0.3, 0.4) is 0 Å². The Morgan fingerprint density at radius 1 is 1.34 bits per heavy atom. The number of rotatable bonds is 5. The lowest BCUT2D eigenvalue weighted by Crippen LogP contribution is -2.24. The van der Waals surface area contributed by atoms with Gasteiger partial charge in [0.25, 0.3) is 11.5 Å². The van der Waals surface area contributed by atoms with E-state index < -0.39 is 5.91 Å². The zero-order chi connectivity index (χ0) is 20.1. The highest BCUT2D eigenvalue weighted by molar-refractivity contribution is 7.19. The summed E-state index contributed by atoms with van der Waals surface area (Å²) in [6, 6.07) is 1.91. The molecule has 29 heavy (non-hydrogen) atoms. The summed E-state index contributed by atoms with van der Waals surface area (Å²) >= 11 is 2.69. The summed E-state index contributed by atoms with van der Waals surface area (Å²) in [4.78, 5) is 33.1. The number of aromatic amines is 1. The van der Waals surface area contributed by atoms with Crippen molar-refractivity contribution < 1.29 is 4.79 Å². The first-order chi connectivity index (χ1) is 14.0. The van der Waals surface area contributed by atoms with Crippen LogP contribution in [0.1, 0.15) is 26.2 Å². The van der Waals surface area contributed by atoms with Gasteiger partial charge in [-0.05, 0) is 6.07 Å².